The molecule has 0 aliphatic rings. The first-order chi connectivity index (χ1) is 7.50. The van der Waals surface area contributed by atoms with Gasteiger partial charge in [0, 0.05) is 24.2 Å². The van der Waals surface area contributed by atoms with Crippen molar-refractivity contribution in [3.8, 4) is 0 Å². The lowest BCUT2D eigenvalue weighted by Gasteiger charge is -2.04. The summed E-state index contributed by atoms with van der Waals surface area (Å²) >= 11 is 0. The Morgan fingerprint density at radius 2 is 1.94 bits per heavy atom. The van der Waals surface area contributed by atoms with E-state index in [4.69, 9.17) is 0 Å². The van der Waals surface area contributed by atoms with Gasteiger partial charge in [-0.3, -0.25) is 14.9 Å². The molecule has 5 nitrogen and oxygen atoms in total. The number of hydrogen-bond acceptors (Lipinski definition) is 3. The molecule has 85 valence electrons. The number of nitro benzene ring substituents is 1. The Kier molecular flexibility index (Phi) is 3.99. The monoisotopic (exact) mass is 221 g/mol. The molecule has 1 aromatic carbocycles. The fourth-order valence-corrected chi connectivity index (χ4v) is 1.08. The Balaban J connectivity index is 2.67. The van der Waals surface area contributed by atoms with Gasteiger partial charge in [0.25, 0.3) is 11.6 Å². The van der Waals surface area contributed by atoms with Gasteiger partial charge in [0.05, 0.1) is 4.92 Å². The molecular formula is C11H13N2O3. The topological polar surface area (TPSA) is 74.3 Å². The summed E-state index contributed by atoms with van der Waals surface area (Å²) in [6, 6.07) is 5.45. The van der Waals surface area contributed by atoms with Gasteiger partial charge in [0.1, 0.15) is 0 Å². The molecule has 1 amide bonds. The van der Waals surface area contributed by atoms with Crippen LogP contribution in [0, 0.1) is 16.0 Å². The highest BCUT2D eigenvalue weighted by Gasteiger charge is 2.10. The maximum absolute atomic E-state index is 11.5. The minimum atomic E-state index is -0.500. The minimum absolute atomic E-state index is 0.0274. The molecule has 0 atom stereocenters. The number of nitrogens with zero attached hydrogens (tertiary/aromatic N) is 2. The van der Waals surface area contributed by atoms with Crippen LogP contribution in [0.4, 0.5) is 5.69 Å². The summed E-state index contributed by atoms with van der Waals surface area (Å²) in [6.45, 7) is 4.40. The number of benzene rings is 1. The fraction of sp³-hybridized carbons (Fsp3) is 0.364. The third kappa shape index (κ3) is 3.34. The number of hydrogen-bond donors (Lipinski definition) is 0. The Bertz CT molecular complexity index is 385. The number of amides is 1. The average Bonchev–Trinajstić information content (AvgIpc) is 2.26. The summed E-state index contributed by atoms with van der Waals surface area (Å²) in [4.78, 5) is 21.4. The second-order valence-electron chi connectivity index (χ2n) is 3.84. The van der Waals surface area contributed by atoms with E-state index in [9.17, 15) is 14.9 Å². The van der Waals surface area contributed by atoms with Crippen molar-refractivity contribution in [1.82, 2.24) is 5.32 Å². The molecule has 5 heteroatoms. The Morgan fingerprint density at radius 3 is 2.38 bits per heavy atom. The molecule has 0 spiro atoms. The van der Waals surface area contributed by atoms with E-state index in [0.717, 1.165) is 0 Å². The summed E-state index contributed by atoms with van der Waals surface area (Å²) in [6.07, 6.45) is 0. The third-order valence-corrected chi connectivity index (χ3v) is 1.93. The first-order valence-corrected chi connectivity index (χ1v) is 4.97. The highest BCUT2D eigenvalue weighted by molar-refractivity contribution is 5.94. The lowest BCUT2D eigenvalue weighted by atomic mass is 10.2. The van der Waals surface area contributed by atoms with Crippen molar-refractivity contribution in [3.63, 3.8) is 0 Å². The van der Waals surface area contributed by atoms with E-state index >= 15 is 0 Å². The van der Waals surface area contributed by atoms with Gasteiger partial charge < -0.3 is 0 Å². The van der Waals surface area contributed by atoms with Crippen molar-refractivity contribution >= 4 is 11.6 Å². The Hall–Kier alpha value is -1.91. The Labute approximate surface area is 93.6 Å². The molecule has 1 radical (unpaired) electrons. The largest absolute Gasteiger partial charge is 0.272 e. The van der Waals surface area contributed by atoms with Crippen LogP contribution in [0.3, 0.4) is 0 Å². The van der Waals surface area contributed by atoms with Crippen LogP contribution in [0.2, 0.25) is 0 Å². The summed E-state index contributed by atoms with van der Waals surface area (Å²) in [7, 11) is 0. The predicted octanol–water partition coefficient (Wildman–Crippen LogP) is 2.00. The van der Waals surface area contributed by atoms with Crippen LogP contribution in [0.15, 0.2) is 24.3 Å². The minimum Gasteiger partial charge on any atom is -0.267 e. The van der Waals surface area contributed by atoms with Crippen LogP contribution >= 0.6 is 0 Å². The standard InChI is InChI=1S/C11H13N2O3/c1-8(2)7-12-11(14)9-3-5-10(6-4-9)13(15)16/h3-6,8H,7H2,1-2H3. The van der Waals surface area contributed by atoms with Crippen molar-refractivity contribution in [2.75, 3.05) is 6.54 Å². The Morgan fingerprint density at radius 1 is 1.38 bits per heavy atom. The SMILES string of the molecule is CC(C)C[N]C(=O)c1ccc([N+](=O)[O-])cc1. The third-order valence-electron chi connectivity index (χ3n) is 1.93. The van der Waals surface area contributed by atoms with E-state index in [1.54, 1.807) is 0 Å². The van der Waals surface area contributed by atoms with Crippen molar-refractivity contribution in [2.24, 2.45) is 5.92 Å². The number of rotatable bonds is 4. The molecular weight excluding hydrogens is 208 g/mol. The second-order valence-corrected chi connectivity index (χ2v) is 3.84. The van der Waals surface area contributed by atoms with E-state index in [1.807, 2.05) is 13.8 Å². The van der Waals surface area contributed by atoms with Gasteiger partial charge in [-0.05, 0) is 18.1 Å². The molecule has 0 aliphatic heterocycles. The van der Waals surface area contributed by atoms with Gasteiger partial charge in [-0.15, -0.1) is 0 Å². The van der Waals surface area contributed by atoms with Crippen LogP contribution in [-0.2, 0) is 0 Å². The molecule has 0 saturated carbocycles. The number of nitro groups is 1. The van der Waals surface area contributed by atoms with E-state index in [0.29, 0.717) is 18.0 Å². The molecule has 0 aromatic heterocycles. The zero-order valence-corrected chi connectivity index (χ0v) is 9.21. The molecule has 0 unspecified atom stereocenters. The first kappa shape index (κ1) is 12.2. The van der Waals surface area contributed by atoms with Gasteiger partial charge in [0.15, 0.2) is 0 Å². The lowest BCUT2D eigenvalue weighted by Crippen LogP contribution is -2.20. The molecule has 0 saturated heterocycles. The summed E-state index contributed by atoms with van der Waals surface area (Å²) in [5, 5.41) is 14.3. The number of carbonyl (C=O) groups is 1. The molecule has 0 aliphatic carbocycles. The van der Waals surface area contributed by atoms with Gasteiger partial charge in [-0.2, -0.15) is 0 Å². The predicted molar refractivity (Wildman–Crippen MR) is 59.3 cm³/mol. The van der Waals surface area contributed by atoms with Gasteiger partial charge >= 0.3 is 0 Å². The van der Waals surface area contributed by atoms with Crippen LogP contribution in [-0.4, -0.2) is 17.4 Å². The molecule has 0 N–H and O–H groups in total. The van der Waals surface area contributed by atoms with Crippen molar-refractivity contribution in [2.45, 2.75) is 13.8 Å². The zero-order valence-electron chi connectivity index (χ0n) is 9.21. The van der Waals surface area contributed by atoms with Gasteiger partial charge in [-0.25, -0.2) is 5.32 Å². The molecule has 1 aromatic rings. The highest BCUT2D eigenvalue weighted by Crippen LogP contribution is 2.11. The molecule has 0 bridgehead atoms. The first-order valence-electron chi connectivity index (χ1n) is 4.97. The van der Waals surface area contributed by atoms with Crippen LogP contribution < -0.4 is 5.32 Å². The van der Waals surface area contributed by atoms with Gasteiger partial charge in [0.2, 0.25) is 0 Å². The van der Waals surface area contributed by atoms with Crippen LogP contribution in [0.1, 0.15) is 24.2 Å². The second kappa shape index (κ2) is 5.25. The van der Waals surface area contributed by atoms with Crippen LogP contribution in [0.25, 0.3) is 0 Å². The summed E-state index contributed by atoms with van der Waals surface area (Å²) in [5.41, 5.74) is 0.353. The number of non-ortho nitro benzene ring substituents is 1. The van der Waals surface area contributed by atoms with Gasteiger partial charge in [-0.1, -0.05) is 13.8 Å². The number of carbonyl (C=O) groups excluding carboxylic acids is 1. The smallest absolute Gasteiger partial charge is 0.267 e. The zero-order chi connectivity index (χ0) is 12.1. The molecule has 1 rings (SSSR count). The average molecular weight is 221 g/mol. The van der Waals surface area contributed by atoms with E-state index in [-0.39, 0.29) is 11.6 Å². The van der Waals surface area contributed by atoms with E-state index in [2.05, 4.69) is 5.32 Å². The maximum atomic E-state index is 11.5. The van der Waals surface area contributed by atoms with Crippen molar-refractivity contribution < 1.29 is 9.72 Å². The molecule has 0 heterocycles. The fourth-order valence-electron chi connectivity index (χ4n) is 1.08. The summed E-state index contributed by atoms with van der Waals surface area (Å²) in [5.74, 6) is -0.00871. The molecule has 0 fully saturated rings. The maximum Gasteiger partial charge on any atom is 0.272 e. The van der Waals surface area contributed by atoms with Crippen molar-refractivity contribution in [1.29, 1.82) is 0 Å². The van der Waals surface area contributed by atoms with E-state index < -0.39 is 4.92 Å². The van der Waals surface area contributed by atoms with Crippen LogP contribution in [0.5, 0.6) is 0 Å². The lowest BCUT2D eigenvalue weighted by molar-refractivity contribution is -0.384. The van der Waals surface area contributed by atoms with E-state index in [1.165, 1.54) is 24.3 Å². The summed E-state index contributed by atoms with van der Waals surface area (Å²) < 4.78 is 0. The normalized spacial score (nSPS) is 10.2. The quantitative estimate of drug-likeness (QED) is 0.576. The van der Waals surface area contributed by atoms with Crippen molar-refractivity contribution in [3.05, 3.63) is 39.9 Å². The molecule has 16 heavy (non-hydrogen) atoms. The highest BCUT2D eigenvalue weighted by atomic mass is 16.6.